The summed E-state index contributed by atoms with van der Waals surface area (Å²) in [5.74, 6) is -0.173. The van der Waals surface area contributed by atoms with Crippen LogP contribution in [0.15, 0.2) is 24.4 Å². The zero-order chi connectivity index (χ0) is 10.8. The van der Waals surface area contributed by atoms with Gasteiger partial charge in [0, 0.05) is 0 Å². The minimum atomic E-state index is -0.460. The van der Waals surface area contributed by atoms with Crippen LogP contribution in [0.2, 0.25) is 5.02 Å². The van der Waals surface area contributed by atoms with Gasteiger partial charge in [-0.25, -0.2) is 9.07 Å². The van der Waals surface area contributed by atoms with E-state index in [0.29, 0.717) is 11.4 Å². The monoisotopic (exact) mass is 245 g/mol. The highest BCUT2D eigenvalue weighted by atomic mass is 35.5. The second-order valence-corrected chi connectivity index (χ2v) is 3.56. The van der Waals surface area contributed by atoms with E-state index in [0.717, 1.165) is 0 Å². The van der Waals surface area contributed by atoms with E-state index in [9.17, 15) is 4.39 Å². The minimum absolute atomic E-state index is 0.0513. The molecule has 1 aromatic heterocycles. The van der Waals surface area contributed by atoms with Crippen molar-refractivity contribution in [1.82, 2.24) is 15.0 Å². The topological polar surface area (TPSA) is 30.7 Å². The van der Waals surface area contributed by atoms with Crippen LogP contribution in [0.25, 0.3) is 5.69 Å². The largest absolute Gasteiger partial charge is 0.220 e. The van der Waals surface area contributed by atoms with Crippen molar-refractivity contribution in [3.8, 4) is 5.69 Å². The smallest absolute Gasteiger partial charge is 0.141 e. The van der Waals surface area contributed by atoms with E-state index in [1.807, 2.05) is 0 Å². The van der Waals surface area contributed by atoms with Gasteiger partial charge in [0.15, 0.2) is 0 Å². The summed E-state index contributed by atoms with van der Waals surface area (Å²) in [6.07, 6.45) is 1.66. The van der Waals surface area contributed by atoms with Crippen molar-refractivity contribution in [1.29, 1.82) is 0 Å². The van der Waals surface area contributed by atoms with Crippen LogP contribution in [0.4, 0.5) is 4.39 Å². The van der Waals surface area contributed by atoms with Crippen LogP contribution in [0.3, 0.4) is 0 Å². The Labute approximate surface area is 95.4 Å². The number of nitrogens with zero attached hydrogens (tertiary/aromatic N) is 3. The van der Waals surface area contributed by atoms with Gasteiger partial charge in [0.25, 0.3) is 0 Å². The first-order chi connectivity index (χ1) is 7.20. The van der Waals surface area contributed by atoms with Gasteiger partial charge >= 0.3 is 0 Å². The van der Waals surface area contributed by atoms with Crippen molar-refractivity contribution < 1.29 is 4.39 Å². The van der Waals surface area contributed by atoms with Gasteiger partial charge < -0.3 is 0 Å². The first kappa shape index (κ1) is 10.4. The molecule has 0 aliphatic rings. The molecule has 1 aromatic carbocycles. The fraction of sp³-hybridized carbons (Fsp3) is 0.111. The number of alkyl halides is 1. The summed E-state index contributed by atoms with van der Waals surface area (Å²) in [6, 6.07) is 4.32. The zero-order valence-corrected chi connectivity index (χ0v) is 9.00. The van der Waals surface area contributed by atoms with E-state index in [-0.39, 0.29) is 10.9 Å². The third kappa shape index (κ3) is 2.11. The molecule has 2 aromatic rings. The molecular weight excluding hydrogens is 240 g/mol. The maximum absolute atomic E-state index is 12.9. The van der Waals surface area contributed by atoms with E-state index in [1.54, 1.807) is 12.3 Å². The number of hydrogen-bond donors (Lipinski definition) is 0. The Bertz CT molecular complexity index is 484. The third-order valence-corrected chi connectivity index (χ3v) is 2.41. The minimum Gasteiger partial charge on any atom is -0.220 e. The Morgan fingerprint density at radius 2 is 2.20 bits per heavy atom. The van der Waals surface area contributed by atoms with Crippen LogP contribution in [0, 0.1) is 5.82 Å². The Hall–Kier alpha value is -1.13. The van der Waals surface area contributed by atoms with Crippen LogP contribution in [-0.2, 0) is 5.88 Å². The van der Waals surface area contributed by atoms with E-state index >= 15 is 0 Å². The van der Waals surface area contributed by atoms with Gasteiger partial charge in [0.2, 0.25) is 0 Å². The maximum Gasteiger partial charge on any atom is 0.141 e. The molecule has 0 aliphatic carbocycles. The first-order valence-corrected chi connectivity index (χ1v) is 5.04. The van der Waals surface area contributed by atoms with Crippen molar-refractivity contribution in [2.24, 2.45) is 0 Å². The number of aromatic nitrogens is 3. The lowest BCUT2D eigenvalue weighted by Gasteiger charge is -2.00. The Balaban J connectivity index is 2.40. The number of hydrogen-bond acceptors (Lipinski definition) is 2. The molecule has 0 atom stereocenters. The second-order valence-electron chi connectivity index (χ2n) is 2.89. The molecular formula is C9H6Cl2FN3. The Morgan fingerprint density at radius 1 is 1.40 bits per heavy atom. The summed E-state index contributed by atoms with van der Waals surface area (Å²) in [5.41, 5.74) is 1.29. The van der Waals surface area contributed by atoms with E-state index in [4.69, 9.17) is 23.2 Å². The summed E-state index contributed by atoms with van der Waals surface area (Å²) in [4.78, 5) is 0. The number of benzene rings is 1. The van der Waals surface area contributed by atoms with Crippen LogP contribution in [0.5, 0.6) is 0 Å². The van der Waals surface area contributed by atoms with Crippen molar-refractivity contribution in [3.05, 3.63) is 40.9 Å². The second kappa shape index (κ2) is 4.16. The molecule has 78 valence electrons. The molecule has 0 amide bonds. The molecule has 6 heteroatoms. The predicted octanol–water partition coefficient (Wildman–Crippen LogP) is 2.80. The average molecular weight is 246 g/mol. The van der Waals surface area contributed by atoms with Crippen molar-refractivity contribution >= 4 is 23.2 Å². The number of rotatable bonds is 2. The Morgan fingerprint density at radius 3 is 2.80 bits per heavy atom. The first-order valence-electron chi connectivity index (χ1n) is 4.13. The lowest BCUT2D eigenvalue weighted by Crippen LogP contribution is -1.95. The van der Waals surface area contributed by atoms with Crippen LogP contribution < -0.4 is 0 Å². The van der Waals surface area contributed by atoms with Crippen LogP contribution in [-0.4, -0.2) is 15.0 Å². The molecule has 0 saturated carbocycles. The van der Waals surface area contributed by atoms with Gasteiger partial charge in [-0.2, -0.15) is 0 Å². The standard InChI is InChI=1S/C9H6Cl2FN3/c10-4-6-5-15(14-13-6)7-1-2-9(12)8(11)3-7/h1-3,5H,4H2. The molecule has 1 heterocycles. The molecule has 0 N–H and O–H groups in total. The summed E-state index contributed by atoms with van der Waals surface area (Å²) in [6.45, 7) is 0. The zero-order valence-electron chi connectivity index (χ0n) is 7.49. The fourth-order valence-electron chi connectivity index (χ4n) is 1.11. The maximum atomic E-state index is 12.9. The number of halogens is 3. The van der Waals surface area contributed by atoms with Gasteiger partial charge in [-0.3, -0.25) is 0 Å². The highest BCUT2D eigenvalue weighted by molar-refractivity contribution is 6.30. The normalized spacial score (nSPS) is 10.6. The van der Waals surface area contributed by atoms with Crippen molar-refractivity contribution in [2.45, 2.75) is 5.88 Å². The summed E-state index contributed by atoms with van der Waals surface area (Å²) in [5, 5.41) is 7.69. The molecule has 0 unspecified atom stereocenters. The van der Waals surface area contributed by atoms with E-state index < -0.39 is 5.82 Å². The SMILES string of the molecule is Fc1ccc(-n2cc(CCl)nn2)cc1Cl. The average Bonchev–Trinajstić information content (AvgIpc) is 2.70. The molecule has 0 aliphatic heterocycles. The molecule has 0 radical (unpaired) electrons. The molecule has 0 saturated heterocycles. The summed E-state index contributed by atoms with van der Waals surface area (Å²) >= 11 is 11.2. The van der Waals surface area contributed by atoms with Crippen LogP contribution in [0.1, 0.15) is 5.69 Å². The van der Waals surface area contributed by atoms with Crippen LogP contribution >= 0.6 is 23.2 Å². The molecule has 0 bridgehead atoms. The third-order valence-electron chi connectivity index (χ3n) is 1.85. The van der Waals surface area contributed by atoms with Crippen molar-refractivity contribution in [2.75, 3.05) is 0 Å². The van der Waals surface area contributed by atoms with Gasteiger partial charge in [-0.05, 0) is 18.2 Å². The van der Waals surface area contributed by atoms with E-state index in [1.165, 1.54) is 16.8 Å². The lowest BCUT2D eigenvalue weighted by atomic mass is 10.3. The molecule has 0 spiro atoms. The fourth-order valence-corrected chi connectivity index (χ4v) is 1.41. The molecule has 0 fully saturated rings. The molecule has 15 heavy (non-hydrogen) atoms. The van der Waals surface area contributed by atoms with Gasteiger partial charge in [-0.15, -0.1) is 16.7 Å². The van der Waals surface area contributed by atoms with Gasteiger partial charge in [0.05, 0.1) is 28.5 Å². The highest BCUT2D eigenvalue weighted by Crippen LogP contribution is 2.18. The lowest BCUT2D eigenvalue weighted by molar-refractivity contribution is 0.627. The van der Waals surface area contributed by atoms with Gasteiger partial charge in [0.1, 0.15) is 5.82 Å². The highest BCUT2D eigenvalue weighted by Gasteiger charge is 2.04. The quantitative estimate of drug-likeness (QED) is 0.763. The Kier molecular flexibility index (Phi) is 2.88. The predicted molar refractivity (Wildman–Crippen MR) is 55.9 cm³/mol. The summed E-state index contributed by atoms with van der Waals surface area (Å²) in [7, 11) is 0. The molecule has 2 rings (SSSR count). The van der Waals surface area contributed by atoms with Crippen molar-refractivity contribution in [3.63, 3.8) is 0 Å². The molecule has 3 nitrogen and oxygen atoms in total. The summed E-state index contributed by atoms with van der Waals surface area (Å²) < 4.78 is 14.4. The van der Waals surface area contributed by atoms with Gasteiger partial charge in [-0.1, -0.05) is 16.8 Å². The van der Waals surface area contributed by atoms with E-state index in [2.05, 4.69) is 10.3 Å².